The molecule has 2 bridgehead atoms. The summed E-state index contributed by atoms with van der Waals surface area (Å²) >= 11 is 0. The van der Waals surface area contributed by atoms with Gasteiger partial charge in [-0.15, -0.1) is 0 Å². The Morgan fingerprint density at radius 3 is 2.76 bits per heavy atom. The highest BCUT2D eigenvalue weighted by Gasteiger charge is 2.42. The van der Waals surface area contributed by atoms with Crippen LogP contribution in [0.3, 0.4) is 0 Å². The van der Waals surface area contributed by atoms with E-state index in [1.807, 2.05) is 0 Å². The van der Waals surface area contributed by atoms with Crippen LogP contribution in [0.2, 0.25) is 0 Å². The Labute approximate surface area is 101 Å². The Morgan fingerprint density at radius 1 is 1.18 bits per heavy atom. The fourth-order valence-corrected chi connectivity index (χ4v) is 3.33. The van der Waals surface area contributed by atoms with Crippen LogP contribution in [0, 0.1) is 5.92 Å². The highest BCUT2D eigenvalue weighted by atomic mass is 16.2. The van der Waals surface area contributed by atoms with Crippen molar-refractivity contribution >= 4 is 11.8 Å². The molecule has 0 aromatic heterocycles. The normalized spacial score (nSPS) is 36.8. The van der Waals surface area contributed by atoms with Crippen molar-refractivity contribution in [2.75, 3.05) is 19.6 Å². The van der Waals surface area contributed by atoms with E-state index in [2.05, 4.69) is 15.5 Å². The fraction of sp³-hybridized carbons (Fsp3) is 0.833. The van der Waals surface area contributed by atoms with Gasteiger partial charge in [-0.05, 0) is 25.8 Å². The summed E-state index contributed by atoms with van der Waals surface area (Å²) < 4.78 is 0. The van der Waals surface area contributed by atoms with Crippen LogP contribution in [-0.4, -0.2) is 48.4 Å². The van der Waals surface area contributed by atoms with Gasteiger partial charge in [-0.3, -0.25) is 9.59 Å². The maximum Gasteiger partial charge on any atom is 0.228 e. The summed E-state index contributed by atoms with van der Waals surface area (Å²) in [5.74, 6) is 0.0897. The summed E-state index contributed by atoms with van der Waals surface area (Å²) in [5, 5.41) is 6.14. The molecule has 0 saturated carbocycles. The van der Waals surface area contributed by atoms with E-state index in [-0.39, 0.29) is 17.7 Å². The molecule has 0 spiro atoms. The SMILES string of the molecule is O=C1CC(C(=O)N2C3CCNCC2CC3)CN1. The van der Waals surface area contributed by atoms with Crippen LogP contribution in [0.25, 0.3) is 0 Å². The number of fused-ring (bicyclic) bond motifs is 2. The van der Waals surface area contributed by atoms with Gasteiger partial charge >= 0.3 is 0 Å². The van der Waals surface area contributed by atoms with E-state index in [0.717, 1.165) is 32.4 Å². The van der Waals surface area contributed by atoms with Gasteiger partial charge in [0, 0.05) is 31.6 Å². The topological polar surface area (TPSA) is 61.4 Å². The van der Waals surface area contributed by atoms with Crippen LogP contribution in [0.15, 0.2) is 0 Å². The van der Waals surface area contributed by atoms with Crippen LogP contribution < -0.4 is 10.6 Å². The van der Waals surface area contributed by atoms with Crippen molar-refractivity contribution in [3.8, 4) is 0 Å². The predicted octanol–water partition coefficient (Wildman–Crippen LogP) is -0.525. The lowest BCUT2D eigenvalue weighted by molar-refractivity contribution is -0.138. The molecule has 2 amide bonds. The lowest BCUT2D eigenvalue weighted by Crippen LogP contribution is -2.45. The van der Waals surface area contributed by atoms with E-state index in [9.17, 15) is 9.59 Å². The molecule has 94 valence electrons. The minimum absolute atomic E-state index is 0.0173. The van der Waals surface area contributed by atoms with Crippen molar-refractivity contribution in [1.29, 1.82) is 0 Å². The molecule has 3 rings (SSSR count). The summed E-state index contributed by atoms with van der Waals surface area (Å²) in [5.41, 5.74) is 0. The molecule has 0 aromatic carbocycles. The van der Waals surface area contributed by atoms with E-state index in [4.69, 9.17) is 0 Å². The van der Waals surface area contributed by atoms with Gasteiger partial charge in [0.25, 0.3) is 0 Å². The van der Waals surface area contributed by atoms with E-state index >= 15 is 0 Å². The van der Waals surface area contributed by atoms with Crippen LogP contribution in [0.1, 0.15) is 25.7 Å². The Hall–Kier alpha value is -1.10. The lowest BCUT2D eigenvalue weighted by atomic mass is 10.1. The molecular weight excluding hydrogens is 218 g/mol. The summed E-state index contributed by atoms with van der Waals surface area (Å²) in [4.78, 5) is 25.7. The molecule has 0 aromatic rings. The van der Waals surface area contributed by atoms with Gasteiger partial charge in [0.1, 0.15) is 0 Å². The first-order chi connectivity index (χ1) is 8.25. The molecular formula is C12H19N3O2. The molecule has 5 nitrogen and oxygen atoms in total. The van der Waals surface area contributed by atoms with Crippen molar-refractivity contribution < 1.29 is 9.59 Å². The van der Waals surface area contributed by atoms with Crippen LogP contribution >= 0.6 is 0 Å². The summed E-state index contributed by atoms with van der Waals surface area (Å²) in [6.45, 7) is 2.45. The second-order valence-electron chi connectivity index (χ2n) is 5.33. The molecule has 2 N–H and O–H groups in total. The van der Waals surface area contributed by atoms with Crippen LogP contribution in [0.4, 0.5) is 0 Å². The van der Waals surface area contributed by atoms with Gasteiger partial charge in [0.2, 0.25) is 11.8 Å². The summed E-state index contributed by atoms with van der Waals surface area (Å²) in [7, 11) is 0. The fourth-order valence-electron chi connectivity index (χ4n) is 3.33. The number of amides is 2. The van der Waals surface area contributed by atoms with Gasteiger partial charge < -0.3 is 15.5 Å². The highest BCUT2D eigenvalue weighted by molar-refractivity contribution is 5.89. The zero-order valence-corrected chi connectivity index (χ0v) is 9.95. The highest BCUT2D eigenvalue weighted by Crippen LogP contribution is 2.30. The van der Waals surface area contributed by atoms with Crippen molar-refractivity contribution in [1.82, 2.24) is 15.5 Å². The number of hydrogen-bond acceptors (Lipinski definition) is 3. The lowest BCUT2D eigenvalue weighted by Gasteiger charge is -2.30. The number of carbonyl (C=O) groups excluding carboxylic acids is 2. The molecule has 5 heteroatoms. The molecule has 3 aliphatic rings. The molecule has 3 aliphatic heterocycles. The Balaban J connectivity index is 1.74. The number of nitrogens with zero attached hydrogens (tertiary/aromatic N) is 1. The average Bonchev–Trinajstić information content (AvgIpc) is 2.81. The molecule has 3 heterocycles. The molecule has 0 aliphatic carbocycles. The maximum atomic E-state index is 12.5. The van der Waals surface area contributed by atoms with Crippen molar-refractivity contribution in [3.05, 3.63) is 0 Å². The minimum Gasteiger partial charge on any atom is -0.355 e. The van der Waals surface area contributed by atoms with E-state index < -0.39 is 0 Å². The minimum atomic E-state index is -0.122. The largest absolute Gasteiger partial charge is 0.355 e. The third kappa shape index (κ3) is 1.92. The van der Waals surface area contributed by atoms with Crippen molar-refractivity contribution in [2.24, 2.45) is 5.92 Å². The number of carbonyl (C=O) groups is 2. The zero-order chi connectivity index (χ0) is 11.8. The third-order valence-corrected chi connectivity index (χ3v) is 4.24. The second-order valence-corrected chi connectivity index (χ2v) is 5.33. The number of nitrogens with one attached hydrogen (secondary N) is 2. The summed E-state index contributed by atoms with van der Waals surface area (Å²) in [6.07, 6.45) is 3.67. The average molecular weight is 237 g/mol. The maximum absolute atomic E-state index is 12.5. The van der Waals surface area contributed by atoms with Gasteiger partial charge in [0.05, 0.1) is 5.92 Å². The smallest absolute Gasteiger partial charge is 0.228 e. The first-order valence-corrected chi connectivity index (χ1v) is 6.55. The van der Waals surface area contributed by atoms with Gasteiger partial charge in [0.15, 0.2) is 0 Å². The number of rotatable bonds is 1. The molecule has 0 radical (unpaired) electrons. The van der Waals surface area contributed by atoms with Crippen molar-refractivity contribution in [2.45, 2.75) is 37.8 Å². The van der Waals surface area contributed by atoms with E-state index in [1.54, 1.807) is 0 Å². The predicted molar refractivity (Wildman–Crippen MR) is 62.3 cm³/mol. The van der Waals surface area contributed by atoms with Gasteiger partial charge in [-0.1, -0.05) is 0 Å². The first kappa shape index (κ1) is 11.0. The molecule has 3 fully saturated rings. The van der Waals surface area contributed by atoms with Gasteiger partial charge in [-0.25, -0.2) is 0 Å². The zero-order valence-electron chi connectivity index (χ0n) is 9.95. The Bertz CT molecular complexity index is 331. The quantitative estimate of drug-likeness (QED) is 0.645. The standard InChI is InChI=1S/C12H19N3O2/c16-11-5-8(6-14-11)12(17)15-9-1-2-10(15)7-13-4-3-9/h8-10,13H,1-7H2,(H,14,16). The summed E-state index contributed by atoms with van der Waals surface area (Å²) in [6, 6.07) is 0.754. The molecule has 3 saturated heterocycles. The van der Waals surface area contributed by atoms with Crippen LogP contribution in [0.5, 0.6) is 0 Å². The molecule has 3 unspecified atom stereocenters. The van der Waals surface area contributed by atoms with Gasteiger partial charge in [-0.2, -0.15) is 0 Å². The molecule has 3 atom stereocenters. The first-order valence-electron chi connectivity index (χ1n) is 6.55. The van der Waals surface area contributed by atoms with Crippen LogP contribution in [-0.2, 0) is 9.59 Å². The van der Waals surface area contributed by atoms with E-state index in [0.29, 0.717) is 25.0 Å². The Morgan fingerprint density at radius 2 is 2.00 bits per heavy atom. The van der Waals surface area contributed by atoms with Crippen molar-refractivity contribution in [3.63, 3.8) is 0 Å². The number of hydrogen-bond donors (Lipinski definition) is 2. The molecule has 17 heavy (non-hydrogen) atoms. The Kier molecular flexibility index (Phi) is 2.78. The van der Waals surface area contributed by atoms with E-state index in [1.165, 1.54) is 0 Å². The monoisotopic (exact) mass is 237 g/mol. The third-order valence-electron chi connectivity index (χ3n) is 4.24. The second kappa shape index (κ2) is 4.29.